The lowest BCUT2D eigenvalue weighted by Gasteiger charge is -2.32. The predicted molar refractivity (Wildman–Crippen MR) is 105 cm³/mol. The van der Waals surface area contributed by atoms with E-state index in [9.17, 15) is 43.9 Å². The van der Waals surface area contributed by atoms with Gasteiger partial charge in [0.2, 0.25) is 5.88 Å². The summed E-state index contributed by atoms with van der Waals surface area (Å²) in [6.07, 6.45) is -6.02. The molecular formula is C20H19F7N2O5S. The van der Waals surface area contributed by atoms with Crippen molar-refractivity contribution in [2.24, 2.45) is 0 Å². The van der Waals surface area contributed by atoms with Gasteiger partial charge in [-0.3, -0.25) is 4.79 Å². The van der Waals surface area contributed by atoms with E-state index in [2.05, 4.69) is 9.28 Å². The van der Waals surface area contributed by atoms with Crippen LogP contribution in [0, 0.1) is 12.7 Å². The van der Waals surface area contributed by atoms with Crippen LogP contribution in [0.25, 0.3) is 0 Å². The van der Waals surface area contributed by atoms with Crippen molar-refractivity contribution in [3.05, 3.63) is 46.4 Å². The Labute approximate surface area is 194 Å². The third-order valence-electron chi connectivity index (χ3n) is 5.83. The Bertz CT molecular complexity index is 1240. The number of carbonyl (C=O) groups is 1. The number of carbonyl (C=O) groups excluding carboxylic acids is 1. The zero-order valence-corrected chi connectivity index (χ0v) is 19.1. The lowest BCUT2D eigenvalue weighted by molar-refractivity contribution is -0.148. The van der Waals surface area contributed by atoms with Gasteiger partial charge in [0, 0.05) is 5.56 Å². The molecule has 1 aliphatic rings. The second-order valence-electron chi connectivity index (χ2n) is 7.97. The summed E-state index contributed by atoms with van der Waals surface area (Å²) < 4.78 is 124. The number of aromatic nitrogens is 2. The predicted octanol–water partition coefficient (Wildman–Crippen LogP) is 4.11. The van der Waals surface area contributed by atoms with E-state index in [4.69, 9.17) is 4.74 Å². The Hall–Kier alpha value is -2.84. The van der Waals surface area contributed by atoms with Gasteiger partial charge in [0.05, 0.1) is 18.2 Å². The van der Waals surface area contributed by atoms with Crippen LogP contribution < -0.4 is 4.18 Å². The van der Waals surface area contributed by atoms with E-state index >= 15 is 0 Å². The standard InChI is InChI=1S/C20H19F7N2O5S/c1-11-13(4-3-5-14(11)21)18(17(30)33-2)8-6-12-15(7-9-18)28-29(10-19(22,23)24)16(12)34-35(31,32)20(25,26)27/h3-5H,6-10H2,1-2H3. The number of nitrogens with zero attached hydrogens (tertiary/aromatic N) is 2. The van der Waals surface area contributed by atoms with E-state index in [1.54, 1.807) is 0 Å². The highest BCUT2D eigenvalue weighted by molar-refractivity contribution is 7.87. The van der Waals surface area contributed by atoms with Crippen molar-refractivity contribution in [2.45, 2.75) is 56.3 Å². The molecule has 1 heterocycles. The van der Waals surface area contributed by atoms with Crippen molar-refractivity contribution in [3.63, 3.8) is 0 Å². The van der Waals surface area contributed by atoms with Crippen molar-refractivity contribution >= 4 is 16.1 Å². The van der Waals surface area contributed by atoms with Crippen molar-refractivity contribution in [1.82, 2.24) is 9.78 Å². The number of halogens is 7. The molecular weight excluding hydrogens is 513 g/mol. The van der Waals surface area contributed by atoms with Crippen molar-refractivity contribution in [3.8, 4) is 5.88 Å². The molecule has 2 aromatic rings. The fourth-order valence-corrected chi connectivity index (χ4v) is 4.69. The molecule has 0 aliphatic heterocycles. The van der Waals surface area contributed by atoms with Crippen LogP contribution >= 0.6 is 0 Å². The van der Waals surface area contributed by atoms with Gasteiger partial charge in [-0.1, -0.05) is 12.1 Å². The summed E-state index contributed by atoms with van der Waals surface area (Å²) in [5.74, 6) is -2.68. The number of fused-ring (bicyclic) bond motifs is 1. The lowest BCUT2D eigenvalue weighted by atomic mass is 9.72. The van der Waals surface area contributed by atoms with Gasteiger partial charge >= 0.3 is 27.8 Å². The monoisotopic (exact) mass is 532 g/mol. The second kappa shape index (κ2) is 8.99. The summed E-state index contributed by atoms with van der Waals surface area (Å²) in [6.45, 7) is -0.499. The highest BCUT2D eigenvalue weighted by Crippen LogP contribution is 2.43. The highest BCUT2D eigenvalue weighted by atomic mass is 32.2. The summed E-state index contributed by atoms with van der Waals surface area (Å²) in [5.41, 5.74) is -7.61. The van der Waals surface area contributed by atoms with E-state index < -0.39 is 57.8 Å². The molecule has 15 heteroatoms. The Morgan fingerprint density at radius 1 is 1.14 bits per heavy atom. The van der Waals surface area contributed by atoms with Crippen LogP contribution in [-0.2, 0) is 44.5 Å². The van der Waals surface area contributed by atoms with E-state index in [1.165, 1.54) is 19.1 Å². The first-order valence-electron chi connectivity index (χ1n) is 10.0. The van der Waals surface area contributed by atoms with Gasteiger partial charge in [0.25, 0.3) is 0 Å². The molecule has 0 amide bonds. The first-order valence-corrected chi connectivity index (χ1v) is 11.4. The number of rotatable bonds is 5. The van der Waals surface area contributed by atoms with Crippen LogP contribution in [0.5, 0.6) is 5.88 Å². The van der Waals surface area contributed by atoms with Crippen LogP contribution in [-0.4, -0.2) is 43.0 Å². The number of hydrogen-bond donors (Lipinski definition) is 0. The molecule has 1 aliphatic carbocycles. The summed E-state index contributed by atoms with van der Waals surface area (Å²) in [5, 5.41) is 3.66. The topological polar surface area (TPSA) is 87.5 Å². The SMILES string of the molecule is COC(=O)C1(c2cccc(F)c2C)CCc2nn(CC(F)(F)F)c(OS(=O)(=O)C(F)(F)F)c2CC1. The number of esters is 1. The van der Waals surface area contributed by atoms with Crippen molar-refractivity contribution in [2.75, 3.05) is 7.11 Å². The fourth-order valence-electron chi connectivity index (χ4n) is 4.20. The third-order valence-corrected chi connectivity index (χ3v) is 6.78. The van der Waals surface area contributed by atoms with Gasteiger partial charge in [-0.25, -0.2) is 9.07 Å². The van der Waals surface area contributed by atoms with Gasteiger partial charge in [0.1, 0.15) is 12.4 Å². The van der Waals surface area contributed by atoms with E-state index in [-0.39, 0.29) is 46.3 Å². The zero-order valence-electron chi connectivity index (χ0n) is 18.3. The Balaban J connectivity index is 2.13. The number of hydrogen-bond acceptors (Lipinski definition) is 6. The molecule has 0 N–H and O–H groups in total. The Kier molecular flexibility index (Phi) is 6.87. The maximum atomic E-state index is 14.3. The molecule has 0 radical (unpaired) electrons. The van der Waals surface area contributed by atoms with Gasteiger partial charge in [-0.05, 0) is 49.8 Å². The average Bonchev–Trinajstić information content (AvgIpc) is 2.91. The van der Waals surface area contributed by atoms with Crippen LogP contribution in [0.3, 0.4) is 0 Å². The first-order chi connectivity index (χ1) is 16.0. The maximum Gasteiger partial charge on any atom is 0.534 e. The molecule has 1 atom stereocenters. The number of benzene rings is 1. The number of methoxy groups -OCH3 is 1. The third kappa shape index (κ3) is 5.09. The molecule has 0 fully saturated rings. The minimum atomic E-state index is -6.33. The van der Waals surface area contributed by atoms with E-state index in [0.29, 0.717) is 0 Å². The number of aryl methyl sites for hydroxylation is 1. The van der Waals surface area contributed by atoms with Crippen LogP contribution in [0.15, 0.2) is 18.2 Å². The highest BCUT2D eigenvalue weighted by Gasteiger charge is 2.51. The summed E-state index contributed by atoms with van der Waals surface area (Å²) in [6, 6.07) is 3.97. The molecule has 194 valence electrons. The Morgan fingerprint density at radius 2 is 1.77 bits per heavy atom. The molecule has 0 bridgehead atoms. The van der Waals surface area contributed by atoms with Crippen LogP contribution in [0.2, 0.25) is 0 Å². The van der Waals surface area contributed by atoms with Gasteiger partial charge in [0.15, 0.2) is 0 Å². The van der Waals surface area contributed by atoms with Gasteiger partial charge in [-0.2, -0.15) is 39.9 Å². The van der Waals surface area contributed by atoms with E-state index in [1.807, 2.05) is 0 Å². The maximum absolute atomic E-state index is 14.3. The smallest absolute Gasteiger partial charge is 0.468 e. The molecule has 1 unspecified atom stereocenters. The van der Waals surface area contributed by atoms with Crippen LogP contribution in [0.4, 0.5) is 30.7 Å². The summed E-state index contributed by atoms with van der Waals surface area (Å²) >= 11 is 0. The summed E-state index contributed by atoms with van der Waals surface area (Å²) in [4.78, 5) is 12.9. The van der Waals surface area contributed by atoms with E-state index in [0.717, 1.165) is 13.2 Å². The molecule has 3 rings (SSSR count). The van der Waals surface area contributed by atoms with Crippen molar-refractivity contribution in [1.29, 1.82) is 0 Å². The Morgan fingerprint density at radius 3 is 2.34 bits per heavy atom. The summed E-state index contributed by atoms with van der Waals surface area (Å²) in [7, 11) is -5.25. The minimum Gasteiger partial charge on any atom is -0.468 e. The van der Waals surface area contributed by atoms with Gasteiger partial charge in [-0.15, -0.1) is 0 Å². The average molecular weight is 532 g/mol. The van der Waals surface area contributed by atoms with Crippen LogP contribution in [0.1, 0.15) is 35.2 Å². The van der Waals surface area contributed by atoms with Crippen molar-refractivity contribution < 1.29 is 52.9 Å². The molecule has 0 saturated carbocycles. The van der Waals surface area contributed by atoms with Gasteiger partial charge < -0.3 is 8.92 Å². The fraction of sp³-hybridized carbons (Fsp3) is 0.500. The second-order valence-corrected chi connectivity index (χ2v) is 9.51. The minimum absolute atomic E-state index is 0.00648. The largest absolute Gasteiger partial charge is 0.534 e. The molecule has 0 saturated heterocycles. The zero-order chi connectivity index (χ0) is 26.4. The lowest BCUT2D eigenvalue weighted by Crippen LogP contribution is -2.38. The quantitative estimate of drug-likeness (QED) is 0.189. The molecule has 1 aromatic carbocycles. The molecule has 1 aromatic heterocycles. The number of ether oxygens (including phenoxy) is 1. The molecule has 35 heavy (non-hydrogen) atoms. The molecule has 0 spiro atoms. The molecule has 7 nitrogen and oxygen atoms in total. The normalized spacial score (nSPS) is 19.1. The number of alkyl halides is 6. The first kappa shape index (κ1) is 26.8.